The minimum absolute atomic E-state index is 0.245. The van der Waals surface area contributed by atoms with Crippen molar-refractivity contribution in [2.45, 2.75) is 18.4 Å². The van der Waals surface area contributed by atoms with Crippen LogP contribution in [0, 0.1) is 5.92 Å². The lowest BCUT2D eigenvalue weighted by atomic mass is 9.95. The second-order valence-corrected chi connectivity index (χ2v) is 4.33. The van der Waals surface area contributed by atoms with Crippen molar-refractivity contribution in [3.8, 4) is 0 Å². The predicted molar refractivity (Wildman–Crippen MR) is 57.6 cm³/mol. The third-order valence-corrected chi connectivity index (χ3v) is 3.13. The molecule has 0 spiro atoms. The van der Waals surface area contributed by atoms with Gasteiger partial charge in [-0.1, -0.05) is 0 Å². The smallest absolute Gasteiger partial charge is 0.0881 e. The molecule has 1 heterocycles. The molecule has 5 N–H and O–H groups in total. The van der Waals surface area contributed by atoms with Gasteiger partial charge in [-0.3, -0.25) is 0 Å². The Morgan fingerprint density at radius 3 is 2.07 bits per heavy atom. The molecule has 0 aliphatic carbocycles. The Balaban J connectivity index is 2.31. The minimum atomic E-state index is -0.926. The molecular weight excluding hydrogens is 196 g/mol. The highest BCUT2D eigenvalue weighted by Crippen LogP contribution is 2.12. The van der Waals surface area contributed by atoms with Gasteiger partial charge in [-0.2, -0.15) is 0 Å². The van der Waals surface area contributed by atoms with E-state index >= 15 is 0 Å². The van der Waals surface area contributed by atoms with E-state index in [1.807, 2.05) is 0 Å². The normalized spacial score (nSPS) is 19.4. The van der Waals surface area contributed by atoms with Crippen LogP contribution in [-0.4, -0.2) is 60.3 Å². The second kappa shape index (κ2) is 6.40. The number of hydrogen-bond donors (Lipinski definition) is 5. The van der Waals surface area contributed by atoms with E-state index in [-0.39, 0.29) is 19.8 Å². The summed E-state index contributed by atoms with van der Waals surface area (Å²) < 4.78 is 0. The van der Waals surface area contributed by atoms with E-state index in [0.29, 0.717) is 5.92 Å². The Kier molecular flexibility index (Phi) is 5.49. The highest BCUT2D eigenvalue weighted by atomic mass is 16.3. The average molecular weight is 218 g/mol. The molecule has 1 aliphatic rings. The molecule has 0 unspecified atom stereocenters. The lowest BCUT2D eigenvalue weighted by Gasteiger charge is -2.32. The molecule has 0 amide bonds. The van der Waals surface area contributed by atoms with Crippen molar-refractivity contribution in [2.75, 3.05) is 39.5 Å². The fraction of sp³-hybridized carbons (Fsp3) is 1.00. The zero-order chi connectivity index (χ0) is 11.1. The highest BCUT2D eigenvalue weighted by molar-refractivity contribution is 4.87. The average Bonchev–Trinajstić information content (AvgIpc) is 2.33. The SMILES string of the molecule is OCC(CO)(CO)NCC1CCNCC1. The maximum atomic E-state index is 9.11. The molecule has 15 heavy (non-hydrogen) atoms. The first kappa shape index (κ1) is 12.9. The van der Waals surface area contributed by atoms with Gasteiger partial charge in [-0.25, -0.2) is 0 Å². The molecule has 1 saturated heterocycles. The molecule has 90 valence electrons. The molecule has 1 rings (SSSR count). The number of rotatable bonds is 6. The molecule has 5 heteroatoms. The summed E-state index contributed by atoms with van der Waals surface area (Å²) in [5.74, 6) is 0.565. The Hall–Kier alpha value is -0.200. The maximum absolute atomic E-state index is 9.11. The quantitative estimate of drug-likeness (QED) is 0.367. The van der Waals surface area contributed by atoms with Gasteiger partial charge in [0.05, 0.1) is 25.4 Å². The van der Waals surface area contributed by atoms with Gasteiger partial charge in [0.15, 0.2) is 0 Å². The van der Waals surface area contributed by atoms with Crippen molar-refractivity contribution in [1.29, 1.82) is 0 Å². The predicted octanol–water partition coefficient (Wildman–Crippen LogP) is -1.71. The van der Waals surface area contributed by atoms with E-state index in [4.69, 9.17) is 15.3 Å². The molecule has 0 atom stereocenters. The van der Waals surface area contributed by atoms with Crippen LogP contribution in [0.2, 0.25) is 0 Å². The summed E-state index contributed by atoms with van der Waals surface area (Å²) in [6, 6.07) is 0. The summed E-state index contributed by atoms with van der Waals surface area (Å²) in [5.41, 5.74) is -0.926. The molecule has 1 aliphatic heterocycles. The molecule has 0 aromatic rings. The lowest BCUT2D eigenvalue weighted by molar-refractivity contribution is 0.0389. The van der Waals surface area contributed by atoms with Gasteiger partial charge in [0.1, 0.15) is 0 Å². The van der Waals surface area contributed by atoms with Crippen LogP contribution in [-0.2, 0) is 0 Å². The fourth-order valence-electron chi connectivity index (χ4n) is 1.76. The van der Waals surface area contributed by atoms with Crippen molar-refractivity contribution < 1.29 is 15.3 Å². The van der Waals surface area contributed by atoms with E-state index in [1.165, 1.54) is 0 Å². The fourth-order valence-corrected chi connectivity index (χ4v) is 1.76. The number of aliphatic hydroxyl groups is 3. The first-order valence-electron chi connectivity index (χ1n) is 5.54. The van der Waals surface area contributed by atoms with Crippen molar-refractivity contribution in [3.63, 3.8) is 0 Å². The third kappa shape index (κ3) is 3.70. The summed E-state index contributed by atoms with van der Waals surface area (Å²) in [5, 5.41) is 33.7. The zero-order valence-electron chi connectivity index (χ0n) is 9.08. The molecule has 0 bridgehead atoms. The van der Waals surface area contributed by atoms with Gasteiger partial charge in [0, 0.05) is 0 Å². The lowest BCUT2D eigenvalue weighted by Crippen LogP contribution is -2.56. The number of piperidine rings is 1. The highest BCUT2D eigenvalue weighted by Gasteiger charge is 2.28. The summed E-state index contributed by atoms with van der Waals surface area (Å²) in [6.45, 7) is 2.05. The van der Waals surface area contributed by atoms with Crippen LogP contribution < -0.4 is 10.6 Å². The first-order chi connectivity index (χ1) is 7.26. The van der Waals surface area contributed by atoms with Gasteiger partial charge in [0.2, 0.25) is 0 Å². The summed E-state index contributed by atoms with van der Waals surface area (Å²) in [4.78, 5) is 0. The van der Waals surface area contributed by atoms with Gasteiger partial charge < -0.3 is 26.0 Å². The van der Waals surface area contributed by atoms with Gasteiger partial charge in [-0.15, -0.1) is 0 Å². The van der Waals surface area contributed by atoms with E-state index in [0.717, 1.165) is 32.5 Å². The zero-order valence-corrected chi connectivity index (χ0v) is 9.08. The first-order valence-corrected chi connectivity index (χ1v) is 5.54. The topological polar surface area (TPSA) is 84.8 Å². The number of nitrogens with one attached hydrogen (secondary N) is 2. The number of hydrogen-bond acceptors (Lipinski definition) is 5. The molecule has 5 nitrogen and oxygen atoms in total. The Bertz CT molecular complexity index is 160. The number of aliphatic hydroxyl groups excluding tert-OH is 3. The van der Waals surface area contributed by atoms with Gasteiger partial charge >= 0.3 is 0 Å². The van der Waals surface area contributed by atoms with Crippen molar-refractivity contribution >= 4 is 0 Å². The van der Waals surface area contributed by atoms with Gasteiger partial charge in [-0.05, 0) is 38.4 Å². The summed E-state index contributed by atoms with van der Waals surface area (Å²) in [7, 11) is 0. The van der Waals surface area contributed by atoms with E-state index in [1.54, 1.807) is 0 Å². The van der Waals surface area contributed by atoms with Crippen LogP contribution in [0.5, 0.6) is 0 Å². The van der Waals surface area contributed by atoms with Gasteiger partial charge in [0.25, 0.3) is 0 Å². The van der Waals surface area contributed by atoms with E-state index < -0.39 is 5.54 Å². The van der Waals surface area contributed by atoms with Crippen LogP contribution in [0.1, 0.15) is 12.8 Å². The van der Waals surface area contributed by atoms with Crippen LogP contribution in [0.15, 0.2) is 0 Å². The molecule has 0 saturated carbocycles. The second-order valence-electron chi connectivity index (χ2n) is 4.33. The van der Waals surface area contributed by atoms with E-state index in [2.05, 4.69) is 10.6 Å². The largest absolute Gasteiger partial charge is 0.394 e. The standard InChI is InChI=1S/C10H22N2O3/c13-6-10(7-14,8-15)12-5-9-1-3-11-4-2-9/h9,11-15H,1-8H2. The third-order valence-electron chi connectivity index (χ3n) is 3.13. The van der Waals surface area contributed by atoms with Crippen LogP contribution in [0.25, 0.3) is 0 Å². The van der Waals surface area contributed by atoms with E-state index in [9.17, 15) is 0 Å². The Morgan fingerprint density at radius 2 is 1.60 bits per heavy atom. The van der Waals surface area contributed by atoms with Crippen LogP contribution >= 0.6 is 0 Å². The monoisotopic (exact) mass is 218 g/mol. The molecule has 1 fully saturated rings. The molecule has 0 aromatic carbocycles. The molecule has 0 aromatic heterocycles. The van der Waals surface area contributed by atoms with Crippen molar-refractivity contribution in [2.24, 2.45) is 5.92 Å². The van der Waals surface area contributed by atoms with Crippen LogP contribution in [0.3, 0.4) is 0 Å². The van der Waals surface area contributed by atoms with Crippen LogP contribution in [0.4, 0.5) is 0 Å². The van der Waals surface area contributed by atoms with Crippen molar-refractivity contribution in [3.05, 3.63) is 0 Å². The molecule has 0 radical (unpaired) electrons. The maximum Gasteiger partial charge on any atom is 0.0881 e. The Morgan fingerprint density at radius 1 is 1.07 bits per heavy atom. The molecular formula is C10H22N2O3. The Labute approximate surface area is 90.5 Å². The van der Waals surface area contributed by atoms with Crippen molar-refractivity contribution in [1.82, 2.24) is 10.6 Å². The minimum Gasteiger partial charge on any atom is -0.394 e. The summed E-state index contributed by atoms with van der Waals surface area (Å²) in [6.07, 6.45) is 2.21. The summed E-state index contributed by atoms with van der Waals surface area (Å²) >= 11 is 0.